The van der Waals surface area contributed by atoms with Crippen molar-refractivity contribution in [3.05, 3.63) is 77.3 Å². The van der Waals surface area contributed by atoms with Crippen molar-refractivity contribution in [1.82, 2.24) is 9.55 Å². The number of benzene rings is 1. The number of hydrogen-bond acceptors (Lipinski definition) is 3. The molecule has 0 unspecified atom stereocenters. The van der Waals surface area contributed by atoms with E-state index in [9.17, 15) is 14.3 Å². The molecule has 4 aromatic rings. The molecule has 6 heteroatoms. The highest BCUT2D eigenvalue weighted by Gasteiger charge is 2.17. The molecular formula is C19H13FN2O2S. The fraction of sp³-hybridized carbons (Fsp3) is 0.0526. The van der Waals surface area contributed by atoms with Gasteiger partial charge in [-0.05, 0) is 40.6 Å². The molecule has 0 aliphatic rings. The van der Waals surface area contributed by atoms with E-state index >= 15 is 0 Å². The van der Waals surface area contributed by atoms with Crippen LogP contribution >= 0.6 is 11.3 Å². The highest BCUT2D eigenvalue weighted by atomic mass is 32.1. The number of halogens is 1. The average Bonchev–Trinajstić information content (AvgIpc) is 3.22. The number of aromatic carboxylic acids is 1. The third-order valence-electron chi connectivity index (χ3n) is 4.09. The summed E-state index contributed by atoms with van der Waals surface area (Å²) in [6.07, 6.45) is 2.66. The van der Waals surface area contributed by atoms with Gasteiger partial charge in [-0.1, -0.05) is 18.2 Å². The van der Waals surface area contributed by atoms with Gasteiger partial charge in [0.05, 0.1) is 11.9 Å². The quantitative estimate of drug-likeness (QED) is 0.582. The molecule has 124 valence electrons. The van der Waals surface area contributed by atoms with E-state index in [1.807, 2.05) is 29.6 Å². The molecule has 0 atom stereocenters. The van der Waals surface area contributed by atoms with E-state index < -0.39 is 11.8 Å². The Bertz CT molecular complexity index is 1080. The highest BCUT2D eigenvalue weighted by molar-refractivity contribution is 7.17. The number of aromatic nitrogens is 2. The number of thiophene rings is 1. The maximum Gasteiger partial charge on any atom is 0.352 e. The van der Waals surface area contributed by atoms with E-state index in [2.05, 4.69) is 4.98 Å². The summed E-state index contributed by atoms with van der Waals surface area (Å²) in [6.45, 7) is 0.387. The second-order valence-electron chi connectivity index (χ2n) is 5.64. The van der Waals surface area contributed by atoms with Crippen LogP contribution in [0.2, 0.25) is 0 Å². The monoisotopic (exact) mass is 352 g/mol. The van der Waals surface area contributed by atoms with Gasteiger partial charge < -0.3 is 9.67 Å². The van der Waals surface area contributed by atoms with Crippen molar-refractivity contribution in [2.45, 2.75) is 6.54 Å². The van der Waals surface area contributed by atoms with Crippen molar-refractivity contribution in [3.63, 3.8) is 0 Å². The molecule has 0 spiro atoms. The van der Waals surface area contributed by atoms with Gasteiger partial charge >= 0.3 is 5.97 Å². The fourth-order valence-electron chi connectivity index (χ4n) is 2.98. The molecule has 0 fully saturated rings. The normalized spacial score (nSPS) is 11.1. The van der Waals surface area contributed by atoms with Gasteiger partial charge in [0.2, 0.25) is 0 Å². The molecule has 3 heterocycles. The number of pyridine rings is 1. The Labute approximate surface area is 146 Å². The lowest BCUT2D eigenvalue weighted by Crippen LogP contribution is -2.11. The average molecular weight is 352 g/mol. The van der Waals surface area contributed by atoms with Crippen LogP contribution in [0.25, 0.3) is 21.3 Å². The van der Waals surface area contributed by atoms with Gasteiger partial charge in [0.25, 0.3) is 0 Å². The Morgan fingerprint density at radius 2 is 2.08 bits per heavy atom. The van der Waals surface area contributed by atoms with Crippen molar-refractivity contribution in [1.29, 1.82) is 0 Å². The first-order chi connectivity index (χ1) is 12.1. The molecule has 0 radical (unpaired) electrons. The number of fused-ring (bicyclic) bond motifs is 1. The Hall–Kier alpha value is -2.99. The molecule has 4 rings (SSSR count). The number of hydrogen-bond donors (Lipinski definition) is 1. The Morgan fingerprint density at radius 1 is 1.20 bits per heavy atom. The summed E-state index contributed by atoms with van der Waals surface area (Å²) in [5, 5.41) is 12.7. The molecule has 0 aliphatic carbocycles. The molecule has 0 saturated carbocycles. The zero-order valence-electron chi connectivity index (χ0n) is 13.0. The predicted octanol–water partition coefficient (Wildman–Crippen LogP) is 4.65. The number of carbonyl (C=O) groups is 1. The Balaban J connectivity index is 1.86. The molecular weight excluding hydrogens is 339 g/mol. The molecule has 3 aromatic heterocycles. The second-order valence-corrected chi connectivity index (χ2v) is 6.56. The van der Waals surface area contributed by atoms with Gasteiger partial charge in [0, 0.05) is 23.0 Å². The third kappa shape index (κ3) is 2.81. The van der Waals surface area contributed by atoms with Gasteiger partial charge in [-0.25, -0.2) is 9.18 Å². The van der Waals surface area contributed by atoms with E-state index in [1.54, 1.807) is 22.0 Å². The van der Waals surface area contributed by atoms with Crippen LogP contribution in [0.4, 0.5) is 4.39 Å². The lowest BCUT2D eigenvalue weighted by molar-refractivity contribution is 0.0686. The topological polar surface area (TPSA) is 55.1 Å². The number of carboxylic acids is 1. The largest absolute Gasteiger partial charge is 0.477 e. The molecule has 0 amide bonds. The van der Waals surface area contributed by atoms with Gasteiger partial charge in [0.15, 0.2) is 0 Å². The van der Waals surface area contributed by atoms with Gasteiger partial charge in [-0.15, -0.1) is 11.3 Å². The second kappa shape index (κ2) is 6.14. The summed E-state index contributed by atoms with van der Waals surface area (Å²) in [6, 6.07) is 12.6. The van der Waals surface area contributed by atoms with E-state index in [0.29, 0.717) is 17.8 Å². The maximum atomic E-state index is 13.6. The lowest BCUT2D eigenvalue weighted by atomic mass is 10.1. The minimum absolute atomic E-state index is 0.160. The summed E-state index contributed by atoms with van der Waals surface area (Å²) in [7, 11) is 0. The first kappa shape index (κ1) is 15.5. The van der Waals surface area contributed by atoms with Crippen molar-refractivity contribution in [2.75, 3.05) is 0 Å². The zero-order valence-corrected chi connectivity index (χ0v) is 13.8. The summed E-state index contributed by atoms with van der Waals surface area (Å²) in [5.41, 5.74) is 2.36. The van der Waals surface area contributed by atoms with E-state index in [4.69, 9.17) is 0 Å². The van der Waals surface area contributed by atoms with Crippen molar-refractivity contribution < 1.29 is 14.3 Å². The number of rotatable bonds is 4. The van der Waals surface area contributed by atoms with E-state index in [-0.39, 0.29) is 5.69 Å². The minimum atomic E-state index is -1.02. The first-order valence-electron chi connectivity index (χ1n) is 7.62. The van der Waals surface area contributed by atoms with Crippen molar-refractivity contribution in [2.24, 2.45) is 0 Å². The van der Waals surface area contributed by atoms with Crippen LogP contribution in [-0.4, -0.2) is 20.6 Å². The van der Waals surface area contributed by atoms with Crippen LogP contribution in [0.1, 0.15) is 16.1 Å². The Morgan fingerprint density at radius 3 is 2.88 bits per heavy atom. The van der Waals surface area contributed by atoms with Gasteiger partial charge in [-0.3, -0.25) is 4.98 Å². The zero-order chi connectivity index (χ0) is 17.4. The minimum Gasteiger partial charge on any atom is -0.477 e. The van der Waals surface area contributed by atoms with Crippen LogP contribution in [0.5, 0.6) is 0 Å². The van der Waals surface area contributed by atoms with Crippen molar-refractivity contribution >= 4 is 27.4 Å². The Kier molecular flexibility index (Phi) is 3.82. The van der Waals surface area contributed by atoms with Crippen molar-refractivity contribution in [3.8, 4) is 11.3 Å². The van der Waals surface area contributed by atoms with Crippen LogP contribution in [0.3, 0.4) is 0 Å². The third-order valence-corrected chi connectivity index (χ3v) is 5.10. The molecule has 1 aromatic carbocycles. The van der Waals surface area contributed by atoms with Crippen LogP contribution in [-0.2, 0) is 6.54 Å². The van der Waals surface area contributed by atoms with E-state index in [0.717, 1.165) is 21.8 Å². The highest BCUT2D eigenvalue weighted by Crippen LogP contribution is 2.29. The molecule has 4 nitrogen and oxygen atoms in total. The fourth-order valence-corrected chi connectivity index (χ4v) is 3.89. The SMILES string of the molecule is O=C(O)c1ccc(-c2cncc(F)c2)n1Cc1cccc2ccsc12. The summed E-state index contributed by atoms with van der Waals surface area (Å²) in [5.74, 6) is -1.48. The lowest BCUT2D eigenvalue weighted by Gasteiger charge is -2.13. The van der Waals surface area contributed by atoms with Crippen LogP contribution in [0, 0.1) is 5.82 Å². The smallest absolute Gasteiger partial charge is 0.352 e. The molecule has 0 aliphatic heterocycles. The number of nitrogens with zero attached hydrogens (tertiary/aromatic N) is 2. The maximum absolute atomic E-state index is 13.6. The predicted molar refractivity (Wildman–Crippen MR) is 95.5 cm³/mol. The van der Waals surface area contributed by atoms with Crippen LogP contribution in [0.15, 0.2) is 60.2 Å². The molecule has 1 N–H and O–H groups in total. The first-order valence-corrected chi connectivity index (χ1v) is 8.50. The molecule has 0 saturated heterocycles. The van der Waals surface area contributed by atoms with Gasteiger partial charge in [0.1, 0.15) is 11.5 Å². The van der Waals surface area contributed by atoms with Gasteiger partial charge in [-0.2, -0.15) is 0 Å². The standard InChI is InChI=1S/C19H13FN2O2S/c20-15-8-14(9-21-10-15)16-4-5-17(19(23)24)22(16)11-13-3-1-2-12-6-7-25-18(12)13/h1-10H,11H2,(H,23,24). The number of carboxylic acid groups (broad SMARTS) is 1. The summed E-state index contributed by atoms with van der Waals surface area (Å²) in [4.78, 5) is 15.5. The molecule has 0 bridgehead atoms. The summed E-state index contributed by atoms with van der Waals surface area (Å²) >= 11 is 1.62. The van der Waals surface area contributed by atoms with Crippen LogP contribution < -0.4 is 0 Å². The van der Waals surface area contributed by atoms with E-state index in [1.165, 1.54) is 18.3 Å². The summed E-state index contributed by atoms with van der Waals surface area (Å²) < 4.78 is 16.4. The molecule has 25 heavy (non-hydrogen) atoms.